The van der Waals surface area contributed by atoms with Crippen LogP contribution in [0.5, 0.6) is 0 Å². The minimum Gasteiger partial charge on any atom is -0.457 e. The summed E-state index contributed by atoms with van der Waals surface area (Å²) < 4.78 is 6.82. The lowest BCUT2D eigenvalue weighted by molar-refractivity contribution is -0.115. The van der Waals surface area contributed by atoms with Crippen molar-refractivity contribution in [1.29, 1.82) is 0 Å². The monoisotopic (exact) mass is 397 g/mol. The molecule has 1 aliphatic rings. The second kappa shape index (κ2) is 5.45. The highest BCUT2D eigenvalue weighted by molar-refractivity contribution is 14.1. The normalized spacial score (nSPS) is 16.8. The largest absolute Gasteiger partial charge is 0.457 e. The molecule has 1 aromatic carbocycles. The molecule has 6 heteroatoms. The molecule has 3 rings (SSSR count). The molecular weight excluding hydrogens is 389 g/mol. The molecule has 1 saturated heterocycles. The van der Waals surface area contributed by atoms with Gasteiger partial charge in [-0.05, 0) is 58.6 Å². The van der Waals surface area contributed by atoms with E-state index >= 15 is 0 Å². The Morgan fingerprint density at radius 2 is 1.85 bits per heavy atom. The minimum absolute atomic E-state index is 0.346. The molecule has 1 aliphatic heterocycles. The van der Waals surface area contributed by atoms with Crippen LogP contribution < -0.4 is 5.32 Å². The first-order chi connectivity index (χ1) is 9.61. The van der Waals surface area contributed by atoms with E-state index in [0.29, 0.717) is 10.7 Å². The van der Waals surface area contributed by atoms with Crippen LogP contribution in [0.1, 0.15) is 5.76 Å². The number of hydrogen-bond acceptors (Lipinski definition) is 4. The number of thioether (sulfide) groups is 1. The molecule has 2 heterocycles. The highest BCUT2D eigenvalue weighted by Crippen LogP contribution is 2.28. The fourth-order valence-electron chi connectivity index (χ4n) is 1.75. The zero-order valence-electron chi connectivity index (χ0n) is 10.1. The maximum atomic E-state index is 11.4. The summed E-state index contributed by atoms with van der Waals surface area (Å²) in [6, 6.07) is 11.5. The van der Waals surface area contributed by atoms with E-state index < -0.39 is 0 Å². The molecule has 4 nitrogen and oxygen atoms in total. The number of nitrogens with one attached hydrogen (secondary N) is 1. The van der Waals surface area contributed by atoms with Crippen molar-refractivity contribution in [2.75, 3.05) is 0 Å². The predicted molar refractivity (Wildman–Crippen MR) is 86.0 cm³/mol. The lowest BCUT2D eigenvalue weighted by Gasteiger charge is -1.96. The van der Waals surface area contributed by atoms with Crippen molar-refractivity contribution in [3.63, 3.8) is 0 Å². The number of rotatable bonds is 2. The summed E-state index contributed by atoms with van der Waals surface area (Å²) in [5, 5.41) is 1.85. The van der Waals surface area contributed by atoms with Crippen molar-refractivity contribution in [2.24, 2.45) is 0 Å². The number of carbonyl (C=O) groups excluding carboxylic acids is 2. The van der Waals surface area contributed by atoms with Gasteiger partial charge in [0.05, 0.1) is 4.91 Å². The Labute approximate surface area is 132 Å². The number of amides is 2. The first-order valence-electron chi connectivity index (χ1n) is 5.72. The van der Waals surface area contributed by atoms with E-state index in [-0.39, 0.29) is 11.1 Å². The minimum atomic E-state index is -0.382. The van der Waals surface area contributed by atoms with E-state index in [1.807, 2.05) is 30.3 Å². The van der Waals surface area contributed by atoms with Crippen LogP contribution in [0.15, 0.2) is 45.7 Å². The van der Waals surface area contributed by atoms with Crippen molar-refractivity contribution in [3.8, 4) is 11.3 Å². The van der Waals surface area contributed by atoms with Gasteiger partial charge in [0.15, 0.2) is 0 Å². The first-order valence-corrected chi connectivity index (χ1v) is 7.62. The first kappa shape index (κ1) is 13.4. The number of carbonyl (C=O) groups is 2. The highest BCUT2D eigenvalue weighted by atomic mass is 127. The average molecular weight is 397 g/mol. The van der Waals surface area contributed by atoms with Crippen molar-refractivity contribution in [2.45, 2.75) is 0 Å². The van der Waals surface area contributed by atoms with Crippen molar-refractivity contribution in [1.82, 2.24) is 5.32 Å². The number of furan rings is 1. The molecule has 0 atom stereocenters. The number of benzene rings is 1. The van der Waals surface area contributed by atoms with Gasteiger partial charge in [-0.25, -0.2) is 0 Å². The van der Waals surface area contributed by atoms with E-state index in [4.69, 9.17) is 4.42 Å². The standard InChI is InChI=1S/C14H8INO3S/c15-9-3-1-8(2-4-9)11-6-5-10(19-11)7-12-13(17)16-14(18)20-12/h1-7H,(H,16,17,18). The number of imide groups is 1. The van der Waals surface area contributed by atoms with Crippen molar-refractivity contribution in [3.05, 3.63) is 50.6 Å². The molecule has 0 spiro atoms. The molecule has 1 N–H and O–H groups in total. The van der Waals surface area contributed by atoms with Crippen molar-refractivity contribution >= 4 is 51.6 Å². The molecule has 1 aromatic heterocycles. The molecule has 1 fully saturated rings. The smallest absolute Gasteiger partial charge is 0.290 e. The van der Waals surface area contributed by atoms with Gasteiger partial charge in [0, 0.05) is 15.2 Å². The quantitative estimate of drug-likeness (QED) is 0.618. The molecule has 2 amide bonds. The van der Waals surface area contributed by atoms with E-state index in [1.54, 1.807) is 12.1 Å². The molecule has 0 bridgehead atoms. The second-order valence-corrected chi connectivity index (χ2v) is 6.32. The van der Waals surface area contributed by atoms with E-state index in [1.165, 1.54) is 0 Å². The summed E-state index contributed by atoms with van der Waals surface area (Å²) in [6.45, 7) is 0. The van der Waals surface area contributed by atoms with E-state index in [2.05, 4.69) is 27.9 Å². The molecule has 0 saturated carbocycles. The van der Waals surface area contributed by atoms with Gasteiger partial charge < -0.3 is 4.42 Å². The highest BCUT2D eigenvalue weighted by Gasteiger charge is 2.25. The third kappa shape index (κ3) is 2.80. The third-order valence-corrected chi connectivity index (χ3v) is 4.20. The topological polar surface area (TPSA) is 59.3 Å². The third-order valence-electron chi connectivity index (χ3n) is 2.67. The zero-order valence-corrected chi connectivity index (χ0v) is 13.0. The molecule has 0 aliphatic carbocycles. The fourth-order valence-corrected chi connectivity index (χ4v) is 2.77. The summed E-state index contributed by atoms with van der Waals surface area (Å²) in [7, 11) is 0. The fraction of sp³-hybridized carbons (Fsp3) is 0. The maximum absolute atomic E-state index is 11.4. The summed E-state index contributed by atoms with van der Waals surface area (Å²) in [5.74, 6) is 0.890. The van der Waals surface area contributed by atoms with Crippen molar-refractivity contribution < 1.29 is 14.0 Å². The Morgan fingerprint density at radius 1 is 1.10 bits per heavy atom. The van der Waals surface area contributed by atoms with Gasteiger partial charge in [0.25, 0.3) is 11.1 Å². The van der Waals surface area contributed by atoms with E-state index in [0.717, 1.165) is 26.7 Å². The Morgan fingerprint density at radius 3 is 2.50 bits per heavy atom. The van der Waals surface area contributed by atoms with Crippen LogP contribution in [0.4, 0.5) is 4.79 Å². The Hall–Kier alpha value is -1.54. The Balaban J connectivity index is 1.87. The summed E-state index contributed by atoms with van der Waals surface area (Å²) in [5.41, 5.74) is 0.967. The summed E-state index contributed by atoms with van der Waals surface area (Å²) in [4.78, 5) is 22.9. The lowest BCUT2D eigenvalue weighted by atomic mass is 10.2. The summed E-state index contributed by atoms with van der Waals surface area (Å²) in [6.07, 6.45) is 1.57. The van der Waals surface area contributed by atoms with Gasteiger partial charge in [-0.2, -0.15) is 0 Å². The SMILES string of the molecule is O=C1NC(=O)C(=Cc2ccc(-c3ccc(I)cc3)o2)S1. The van der Waals surface area contributed by atoms with Crippen LogP contribution in [0.2, 0.25) is 0 Å². The molecule has 20 heavy (non-hydrogen) atoms. The van der Waals surface area contributed by atoms with Gasteiger partial charge in [-0.1, -0.05) is 12.1 Å². The van der Waals surface area contributed by atoms with Crippen LogP contribution in [0.3, 0.4) is 0 Å². The Bertz CT molecular complexity index is 718. The van der Waals surface area contributed by atoms with Gasteiger partial charge in [-0.3, -0.25) is 14.9 Å². The molecule has 2 aromatic rings. The maximum Gasteiger partial charge on any atom is 0.290 e. The van der Waals surface area contributed by atoms with Crippen LogP contribution >= 0.6 is 34.4 Å². The lowest BCUT2D eigenvalue weighted by Crippen LogP contribution is -2.17. The number of hydrogen-bond donors (Lipinski definition) is 1. The van der Waals surface area contributed by atoms with Gasteiger partial charge >= 0.3 is 0 Å². The van der Waals surface area contributed by atoms with Gasteiger partial charge in [-0.15, -0.1) is 0 Å². The van der Waals surface area contributed by atoms with Crippen LogP contribution in [0, 0.1) is 3.57 Å². The Kier molecular flexibility index (Phi) is 3.66. The second-order valence-electron chi connectivity index (χ2n) is 4.06. The zero-order chi connectivity index (χ0) is 14.1. The van der Waals surface area contributed by atoms with Gasteiger partial charge in [0.1, 0.15) is 11.5 Å². The molecule has 0 radical (unpaired) electrons. The number of halogens is 1. The summed E-state index contributed by atoms with van der Waals surface area (Å²) >= 11 is 3.11. The predicted octanol–water partition coefficient (Wildman–Crippen LogP) is 3.88. The van der Waals surface area contributed by atoms with E-state index in [9.17, 15) is 9.59 Å². The molecular formula is C14H8INO3S. The van der Waals surface area contributed by atoms with Crippen LogP contribution in [0.25, 0.3) is 17.4 Å². The average Bonchev–Trinajstić information content (AvgIpc) is 2.98. The molecule has 0 unspecified atom stereocenters. The van der Waals surface area contributed by atoms with Gasteiger partial charge in [0.2, 0.25) is 0 Å². The van der Waals surface area contributed by atoms with Crippen LogP contribution in [-0.4, -0.2) is 11.1 Å². The van der Waals surface area contributed by atoms with Crippen LogP contribution in [-0.2, 0) is 4.79 Å². The molecule has 100 valence electrons.